The lowest BCUT2D eigenvalue weighted by atomic mass is 10.1. The van der Waals surface area contributed by atoms with E-state index in [1.54, 1.807) is 0 Å². The molecule has 0 aliphatic rings. The first kappa shape index (κ1) is 14.0. The first-order valence-electron chi connectivity index (χ1n) is 6.61. The molecule has 3 heteroatoms. The summed E-state index contributed by atoms with van der Waals surface area (Å²) >= 11 is 0. The molecule has 1 aromatic carbocycles. The predicted molar refractivity (Wildman–Crippen MR) is 77.2 cm³/mol. The second-order valence-corrected chi connectivity index (χ2v) is 5.78. The van der Waals surface area contributed by atoms with Gasteiger partial charge in [0.05, 0.1) is 23.8 Å². The van der Waals surface area contributed by atoms with Gasteiger partial charge in [-0.05, 0) is 32.9 Å². The van der Waals surface area contributed by atoms with Crippen LogP contribution in [0.3, 0.4) is 0 Å². The summed E-state index contributed by atoms with van der Waals surface area (Å²) in [4.78, 5) is 4.54. The predicted octanol–water partition coefficient (Wildman–Crippen LogP) is 2.95. The lowest BCUT2D eigenvalue weighted by Crippen LogP contribution is -2.27. The van der Waals surface area contributed by atoms with Crippen molar-refractivity contribution in [1.29, 1.82) is 0 Å². The number of aromatic nitrogens is 1. The van der Waals surface area contributed by atoms with E-state index in [2.05, 4.69) is 4.98 Å². The summed E-state index contributed by atoms with van der Waals surface area (Å²) in [6, 6.07) is 12.0. The van der Waals surface area contributed by atoms with Crippen molar-refractivity contribution in [2.24, 2.45) is 0 Å². The van der Waals surface area contributed by atoms with Gasteiger partial charge in [0.15, 0.2) is 0 Å². The third-order valence-electron chi connectivity index (χ3n) is 2.81. The van der Waals surface area contributed by atoms with Crippen molar-refractivity contribution >= 4 is 10.9 Å². The maximum Gasteiger partial charge on any atom is 0.0829 e. The van der Waals surface area contributed by atoms with E-state index in [0.29, 0.717) is 13.0 Å². The van der Waals surface area contributed by atoms with Crippen LogP contribution >= 0.6 is 0 Å². The van der Waals surface area contributed by atoms with Crippen LogP contribution in [0.1, 0.15) is 26.5 Å². The van der Waals surface area contributed by atoms with Crippen molar-refractivity contribution in [3.8, 4) is 0 Å². The van der Waals surface area contributed by atoms with Crippen LogP contribution in [0.25, 0.3) is 10.9 Å². The molecule has 0 aliphatic carbocycles. The van der Waals surface area contributed by atoms with Crippen molar-refractivity contribution in [3.63, 3.8) is 0 Å². The Labute approximate surface area is 114 Å². The third-order valence-corrected chi connectivity index (χ3v) is 2.81. The van der Waals surface area contributed by atoms with Crippen LogP contribution in [0.5, 0.6) is 0 Å². The van der Waals surface area contributed by atoms with Crippen LogP contribution in [0.15, 0.2) is 36.4 Å². The molecule has 19 heavy (non-hydrogen) atoms. The zero-order chi connectivity index (χ0) is 13.9. The zero-order valence-electron chi connectivity index (χ0n) is 11.8. The second-order valence-electron chi connectivity index (χ2n) is 5.78. The summed E-state index contributed by atoms with van der Waals surface area (Å²) in [5, 5.41) is 11.1. The molecular weight excluding hydrogens is 238 g/mol. The smallest absolute Gasteiger partial charge is 0.0829 e. The number of rotatable bonds is 4. The van der Waals surface area contributed by atoms with Crippen LogP contribution < -0.4 is 0 Å². The van der Waals surface area contributed by atoms with Crippen molar-refractivity contribution in [3.05, 3.63) is 42.1 Å². The molecule has 0 aliphatic heterocycles. The van der Waals surface area contributed by atoms with Crippen molar-refractivity contribution in [2.45, 2.75) is 38.9 Å². The fraction of sp³-hybridized carbons (Fsp3) is 0.438. The average molecular weight is 259 g/mol. The zero-order valence-corrected chi connectivity index (χ0v) is 11.8. The van der Waals surface area contributed by atoms with Gasteiger partial charge in [0.2, 0.25) is 0 Å². The van der Waals surface area contributed by atoms with Crippen molar-refractivity contribution in [2.75, 3.05) is 6.61 Å². The highest BCUT2D eigenvalue weighted by Gasteiger charge is 2.14. The molecule has 2 aromatic rings. The Balaban J connectivity index is 2.00. The average Bonchev–Trinajstić information content (AvgIpc) is 2.35. The molecule has 0 radical (unpaired) electrons. The molecule has 1 N–H and O–H groups in total. The first-order chi connectivity index (χ1) is 8.94. The van der Waals surface area contributed by atoms with E-state index in [1.165, 1.54) is 0 Å². The second kappa shape index (κ2) is 5.68. The van der Waals surface area contributed by atoms with Crippen molar-refractivity contribution < 1.29 is 9.84 Å². The molecule has 2 rings (SSSR count). The maximum absolute atomic E-state index is 9.97. The molecule has 1 unspecified atom stereocenters. The van der Waals surface area contributed by atoms with Gasteiger partial charge in [-0.2, -0.15) is 0 Å². The minimum Gasteiger partial charge on any atom is -0.390 e. The van der Waals surface area contributed by atoms with Gasteiger partial charge >= 0.3 is 0 Å². The lowest BCUT2D eigenvalue weighted by molar-refractivity contribution is -0.0484. The van der Waals surface area contributed by atoms with Gasteiger partial charge in [-0.25, -0.2) is 0 Å². The quantitative estimate of drug-likeness (QED) is 0.918. The van der Waals surface area contributed by atoms with E-state index >= 15 is 0 Å². The van der Waals surface area contributed by atoms with Crippen LogP contribution in [-0.2, 0) is 11.2 Å². The molecule has 0 bridgehead atoms. The number of hydrogen-bond acceptors (Lipinski definition) is 3. The van der Waals surface area contributed by atoms with Crippen LogP contribution in [0.2, 0.25) is 0 Å². The van der Waals surface area contributed by atoms with Crippen LogP contribution in [-0.4, -0.2) is 28.4 Å². The van der Waals surface area contributed by atoms with E-state index in [-0.39, 0.29) is 5.60 Å². The Kier molecular flexibility index (Phi) is 4.17. The number of aliphatic hydroxyl groups is 1. The molecule has 0 amide bonds. The summed E-state index contributed by atoms with van der Waals surface area (Å²) in [7, 11) is 0. The molecule has 1 aromatic heterocycles. The van der Waals surface area contributed by atoms with E-state index in [1.807, 2.05) is 57.2 Å². The Hall–Kier alpha value is -1.45. The molecular formula is C16H21NO2. The van der Waals surface area contributed by atoms with E-state index in [4.69, 9.17) is 4.74 Å². The fourth-order valence-electron chi connectivity index (χ4n) is 1.87. The number of nitrogens with zero attached hydrogens (tertiary/aromatic N) is 1. The Morgan fingerprint density at radius 2 is 1.89 bits per heavy atom. The standard InChI is InChI=1S/C16H21NO2/c1-16(2,3)19-11-14(18)10-13-9-8-12-6-4-5-7-15(12)17-13/h4-9,14,18H,10-11H2,1-3H3. The van der Waals surface area contributed by atoms with Crippen LogP contribution in [0, 0.1) is 0 Å². The van der Waals surface area contributed by atoms with Gasteiger partial charge in [0.25, 0.3) is 0 Å². The molecule has 0 saturated carbocycles. The minimum absolute atomic E-state index is 0.224. The largest absolute Gasteiger partial charge is 0.390 e. The molecule has 1 atom stereocenters. The highest BCUT2D eigenvalue weighted by molar-refractivity contribution is 5.78. The first-order valence-corrected chi connectivity index (χ1v) is 6.61. The molecule has 0 fully saturated rings. The number of para-hydroxylation sites is 1. The number of ether oxygens (including phenoxy) is 1. The molecule has 0 saturated heterocycles. The topological polar surface area (TPSA) is 42.4 Å². The lowest BCUT2D eigenvalue weighted by Gasteiger charge is -2.21. The van der Waals surface area contributed by atoms with Gasteiger partial charge in [0.1, 0.15) is 0 Å². The number of hydrogen-bond donors (Lipinski definition) is 1. The molecule has 3 nitrogen and oxygen atoms in total. The maximum atomic E-state index is 9.97. The van der Waals surface area contributed by atoms with Gasteiger partial charge in [-0.15, -0.1) is 0 Å². The number of benzene rings is 1. The summed E-state index contributed by atoms with van der Waals surface area (Å²) in [6.45, 7) is 6.27. The van der Waals surface area contributed by atoms with E-state index in [9.17, 15) is 5.11 Å². The molecule has 0 spiro atoms. The number of fused-ring (bicyclic) bond motifs is 1. The Morgan fingerprint density at radius 3 is 2.63 bits per heavy atom. The van der Waals surface area contributed by atoms with E-state index in [0.717, 1.165) is 16.6 Å². The SMILES string of the molecule is CC(C)(C)OCC(O)Cc1ccc2ccccc2n1. The van der Waals surface area contributed by atoms with Crippen molar-refractivity contribution in [1.82, 2.24) is 4.98 Å². The summed E-state index contributed by atoms with van der Waals surface area (Å²) in [6.07, 6.45) is -0.00568. The Bertz CT molecular complexity index is 546. The fourth-order valence-corrected chi connectivity index (χ4v) is 1.87. The highest BCUT2D eigenvalue weighted by Crippen LogP contribution is 2.14. The Morgan fingerprint density at radius 1 is 1.16 bits per heavy atom. The van der Waals surface area contributed by atoms with Gasteiger partial charge in [-0.1, -0.05) is 24.3 Å². The van der Waals surface area contributed by atoms with Gasteiger partial charge < -0.3 is 9.84 Å². The van der Waals surface area contributed by atoms with Gasteiger partial charge in [-0.3, -0.25) is 4.98 Å². The van der Waals surface area contributed by atoms with E-state index < -0.39 is 6.10 Å². The summed E-state index contributed by atoms with van der Waals surface area (Å²) in [5.74, 6) is 0. The minimum atomic E-state index is -0.520. The highest BCUT2D eigenvalue weighted by atomic mass is 16.5. The van der Waals surface area contributed by atoms with Gasteiger partial charge in [0, 0.05) is 17.5 Å². The normalized spacial score (nSPS) is 13.7. The summed E-state index contributed by atoms with van der Waals surface area (Å²) in [5.41, 5.74) is 1.63. The number of aliphatic hydroxyl groups excluding tert-OH is 1. The van der Waals surface area contributed by atoms with Crippen LogP contribution in [0.4, 0.5) is 0 Å². The number of pyridine rings is 1. The molecule has 1 heterocycles. The molecule has 102 valence electrons. The third kappa shape index (κ3) is 4.30. The summed E-state index contributed by atoms with van der Waals surface area (Å²) < 4.78 is 5.57. The monoisotopic (exact) mass is 259 g/mol.